The van der Waals surface area contributed by atoms with E-state index >= 15 is 0 Å². The summed E-state index contributed by atoms with van der Waals surface area (Å²) in [5, 5.41) is 6.23. The second-order valence-corrected chi connectivity index (χ2v) is 9.67. The van der Waals surface area contributed by atoms with Gasteiger partial charge < -0.3 is 15.2 Å². The Bertz CT molecular complexity index is 1470. The van der Waals surface area contributed by atoms with Crippen molar-refractivity contribution >= 4 is 34.9 Å². The molecule has 2 fully saturated rings. The average Bonchev–Trinajstić information content (AvgIpc) is 3.57. The van der Waals surface area contributed by atoms with Crippen molar-refractivity contribution in [1.82, 2.24) is 19.8 Å². The molecule has 2 N–H and O–H groups in total. The normalized spacial score (nSPS) is 17.2. The zero-order valence-corrected chi connectivity index (χ0v) is 21.7. The van der Waals surface area contributed by atoms with E-state index < -0.39 is 0 Å². The monoisotopic (exact) mass is 514 g/mol. The number of ketones is 1. The number of nitrogens with one attached hydrogen (secondary N) is 2. The van der Waals surface area contributed by atoms with Crippen LogP contribution in [0.3, 0.4) is 0 Å². The van der Waals surface area contributed by atoms with Gasteiger partial charge in [-0.05, 0) is 69.1 Å². The van der Waals surface area contributed by atoms with Gasteiger partial charge in [0.2, 0.25) is 5.91 Å². The van der Waals surface area contributed by atoms with Crippen LogP contribution in [0.5, 0.6) is 0 Å². The Balaban J connectivity index is 1.43. The molecule has 38 heavy (non-hydrogen) atoms. The van der Waals surface area contributed by atoms with Gasteiger partial charge in [0.05, 0.1) is 11.7 Å². The number of urea groups is 1. The molecular weight excluding hydrogens is 484 g/mol. The second kappa shape index (κ2) is 10.2. The molecule has 0 bridgehead atoms. The molecule has 0 aliphatic carbocycles. The van der Waals surface area contributed by atoms with E-state index in [4.69, 9.17) is 0 Å². The largest absolute Gasteiger partial charge is 0.336 e. The topological polar surface area (TPSA) is 117 Å². The van der Waals surface area contributed by atoms with Gasteiger partial charge in [-0.1, -0.05) is 12.1 Å². The second-order valence-electron chi connectivity index (χ2n) is 9.67. The molecule has 10 nitrogen and oxygen atoms in total. The molecule has 5 rings (SSSR count). The van der Waals surface area contributed by atoms with E-state index in [0.29, 0.717) is 35.7 Å². The summed E-state index contributed by atoms with van der Waals surface area (Å²) in [4.78, 5) is 58.1. The summed E-state index contributed by atoms with van der Waals surface area (Å²) < 4.78 is 1.46. The molecule has 2 saturated heterocycles. The van der Waals surface area contributed by atoms with Crippen molar-refractivity contribution in [1.29, 1.82) is 0 Å². The van der Waals surface area contributed by atoms with Gasteiger partial charge in [-0.3, -0.25) is 24.2 Å². The van der Waals surface area contributed by atoms with Gasteiger partial charge in [0, 0.05) is 48.8 Å². The summed E-state index contributed by atoms with van der Waals surface area (Å²) in [6, 6.07) is 11.8. The quantitative estimate of drug-likeness (QED) is 0.485. The minimum absolute atomic E-state index is 0.0397. The first-order valence-corrected chi connectivity index (χ1v) is 12.7. The summed E-state index contributed by atoms with van der Waals surface area (Å²) >= 11 is 0. The fourth-order valence-corrected chi connectivity index (χ4v) is 4.98. The molecule has 0 unspecified atom stereocenters. The summed E-state index contributed by atoms with van der Waals surface area (Å²) in [5.74, 6) is -0.0684. The molecule has 0 spiro atoms. The predicted octanol–water partition coefficient (Wildman–Crippen LogP) is 3.22. The van der Waals surface area contributed by atoms with Gasteiger partial charge in [-0.15, -0.1) is 0 Å². The lowest BCUT2D eigenvalue weighted by atomic mass is 10.0. The number of imide groups is 1. The maximum atomic E-state index is 13.2. The Morgan fingerprint density at radius 3 is 2.53 bits per heavy atom. The Hall–Kier alpha value is -4.31. The smallest absolute Gasteiger partial charge is 0.331 e. The number of nitrogens with zero attached hydrogens (tertiary/aromatic N) is 4. The fraction of sp³-hybridized carbons (Fsp3) is 0.321. The SMILES string of the molecule is CC(=O)c1ccc(Nc2nc(-c3cccc(N4CCN(C(=O)[C@@H]5CCCN5)C4=O)c3C)cn(C)c2=O)cc1. The van der Waals surface area contributed by atoms with Crippen molar-refractivity contribution in [2.45, 2.75) is 32.7 Å². The van der Waals surface area contributed by atoms with E-state index in [2.05, 4.69) is 15.6 Å². The van der Waals surface area contributed by atoms with Crippen molar-refractivity contribution in [3.63, 3.8) is 0 Å². The molecule has 0 radical (unpaired) electrons. The molecule has 3 aromatic rings. The van der Waals surface area contributed by atoms with E-state index in [1.807, 2.05) is 25.1 Å². The van der Waals surface area contributed by atoms with Gasteiger partial charge in [0.15, 0.2) is 11.6 Å². The number of carbonyl (C=O) groups excluding carboxylic acids is 3. The van der Waals surface area contributed by atoms with Gasteiger partial charge in [-0.25, -0.2) is 9.78 Å². The molecule has 1 aromatic heterocycles. The number of aryl methyl sites for hydroxylation is 1. The minimum atomic E-state index is -0.325. The molecule has 196 valence electrons. The Morgan fingerprint density at radius 1 is 1.08 bits per heavy atom. The highest BCUT2D eigenvalue weighted by Gasteiger charge is 2.38. The number of carbonyl (C=O) groups is 3. The third-order valence-electron chi connectivity index (χ3n) is 7.13. The van der Waals surface area contributed by atoms with E-state index in [9.17, 15) is 19.2 Å². The molecule has 3 amide bonds. The van der Waals surface area contributed by atoms with Crippen LogP contribution in [0.2, 0.25) is 0 Å². The fourth-order valence-electron chi connectivity index (χ4n) is 4.98. The maximum Gasteiger partial charge on any atom is 0.331 e. The van der Waals surface area contributed by atoms with Crippen LogP contribution in [-0.2, 0) is 11.8 Å². The number of aromatic nitrogens is 2. The predicted molar refractivity (Wildman–Crippen MR) is 145 cm³/mol. The minimum Gasteiger partial charge on any atom is -0.336 e. The van der Waals surface area contributed by atoms with Crippen LogP contribution in [0.1, 0.15) is 35.7 Å². The molecule has 3 heterocycles. The van der Waals surface area contributed by atoms with Crippen LogP contribution < -0.4 is 21.1 Å². The van der Waals surface area contributed by atoms with E-state index in [-0.39, 0.29) is 35.1 Å². The molecular formula is C28H30N6O4. The van der Waals surface area contributed by atoms with Gasteiger partial charge in [-0.2, -0.15) is 0 Å². The average molecular weight is 515 g/mol. The number of hydrogen-bond donors (Lipinski definition) is 2. The van der Waals surface area contributed by atoms with Crippen molar-refractivity contribution < 1.29 is 14.4 Å². The van der Waals surface area contributed by atoms with Crippen LogP contribution >= 0.6 is 0 Å². The molecule has 2 aliphatic rings. The van der Waals surface area contributed by atoms with Crippen molar-refractivity contribution in [2.75, 3.05) is 29.9 Å². The number of anilines is 3. The first kappa shape index (κ1) is 25.3. The zero-order chi connectivity index (χ0) is 27.0. The Kier molecular flexibility index (Phi) is 6.81. The summed E-state index contributed by atoms with van der Waals surface area (Å²) in [6.45, 7) is 4.94. The Labute approximate surface area is 220 Å². The van der Waals surface area contributed by atoms with Crippen molar-refractivity contribution in [3.05, 3.63) is 70.1 Å². The van der Waals surface area contributed by atoms with Gasteiger partial charge in [0.25, 0.3) is 5.56 Å². The highest BCUT2D eigenvalue weighted by molar-refractivity contribution is 6.06. The molecule has 2 aliphatic heterocycles. The lowest BCUT2D eigenvalue weighted by Gasteiger charge is -2.22. The highest BCUT2D eigenvalue weighted by atomic mass is 16.2. The number of Topliss-reactive ketones (excluding diaryl/α,β-unsaturated/α-hetero) is 1. The first-order chi connectivity index (χ1) is 18.2. The number of rotatable bonds is 6. The first-order valence-electron chi connectivity index (χ1n) is 12.7. The molecule has 2 aromatic carbocycles. The van der Waals surface area contributed by atoms with Gasteiger partial charge in [0.1, 0.15) is 0 Å². The summed E-state index contributed by atoms with van der Waals surface area (Å²) in [7, 11) is 1.65. The van der Waals surface area contributed by atoms with Crippen LogP contribution in [0.15, 0.2) is 53.5 Å². The molecule has 1 atom stereocenters. The van der Waals surface area contributed by atoms with Crippen molar-refractivity contribution in [3.8, 4) is 11.3 Å². The van der Waals surface area contributed by atoms with E-state index in [0.717, 1.165) is 30.5 Å². The standard InChI is InChI=1S/C28H30N6O4/c1-17-21(6-4-8-24(17)33-14-15-34(28(33)38)26(36)22-7-5-13-29-22)23-16-32(3)27(37)25(31-23)30-20-11-9-19(10-12-20)18(2)35/h4,6,8-12,16,22,29H,5,7,13-15H2,1-3H3,(H,30,31)/t22-/m0/s1. The number of amides is 3. The van der Waals surface area contributed by atoms with E-state index in [1.54, 1.807) is 42.4 Å². The lowest BCUT2D eigenvalue weighted by Crippen LogP contribution is -2.45. The molecule has 0 saturated carbocycles. The van der Waals surface area contributed by atoms with E-state index in [1.165, 1.54) is 16.4 Å². The number of benzene rings is 2. The van der Waals surface area contributed by atoms with Crippen molar-refractivity contribution in [2.24, 2.45) is 7.05 Å². The number of hydrogen-bond acceptors (Lipinski definition) is 7. The van der Waals surface area contributed by atoms with Crippen LogP contribution in [0, 0.1) is 6.92 Å². The maximum absolute atomic E-state index is 13.2. The summed E-state index contributed by atoms with van der Waals surface area (Å²) in [6.07, 6.45) is 3.33. The van der Waals surface area contributed by atoms with Crippen LogP contribution in [0.4, 0.5) is 22.0 Å². The summed E-state index contributed by atoms with van der Waals surface area (Å²) in [5.41, 5.74) is 3.75. The third-order valence-corrected chi connectivity index (χ3v) is 7.13. The zero-order valence-electron chi connectivity index (χ0n) is 21.7. The lowest BCUT2D eigenvalue weighted by molar-refractivity contribution is -0.129. The highest BCUT2D eigenvalue weighted by Crippen LogP contribution is 2.32. The Morgan fingerprint density at radius 2 is 1.84 bits per heavy atom. The van der Waals surface area contributed by atoms with Crippen LogP contribution in [0.25, 0.3) is 11.3 Å². The third kappa shape index (κ3) is 4.70. The van der Waals surface area contributed by atoms with Crippen LogP contribution in [-0.4, -0.2) is 57.8 Å². The molecule has 10 heteroatoms. The van der Waals surface area contributed by atoms with Gasteiger partial charge >= 0.3 is 6.03 Å².